The lowest BCUT2D eigenvalue weighted by molar-refractivity contribution is -0.136. The zero-order valence-corrected chi connectivity index (χ0v) is 9.84. The Labute approximate surface area is 100 Å². The van der Waals surface area contributed by atoms with Crippen molar-refractivity contribution in [1.82, 2.24) is 0 Å². The number of ketones is 2. The number of azide groups is 1. The highest BCUT2D eigenvalue weighted by Gasteiger charge is 2.42. The molecular formula is C12H17N3O2. The Kier molecular flexibility index (Phi) is 3.79. The zero-order valence-electron chi connectivity index (χ0n) is 9.84. The van der Waals surface area contributed by atoms with Gasteiger partial charge in [0, 0.05) is 36.6 Å². The second kappa shape index (κ2) is 5.32. The van der Waals surface area contributed by atoms with Gasteiger partial charge in [0.25, 0.3) is 0 Å². The molecule has 5 nitrogen and oxygen atoms in total. The zero-order chi connectivity index (χ0) is 12.3. The van der Waals surface area contributed by atoms with Gasteiger partial charge in [0.05, 0.1) is 0 Å². The molecule has 0 aromatic rings. The molecule has 2 saturated carbocycles. The third kappa shape index (κ3) is 2.67. The number of hydrogen-bond acceptors (Lipinski definition) is 3. The van der Waals surface area contributed by atoms with Crippen molar-refractivity contribution in [3.05, 3.63) is 10.4 Å². The van der Waals surface area contributed by atoms with Crippen LogP contribution in [0.3, 0.4) is 0 Å². The minimum atomic E-state index is 0.0512. The Morgan fingerprint density at radius 1 is 1.35 bits per heavy atom. The summed E-state index contributed by atoms with van der Waals surface area (Å²) in [5.41, 5.74) is 8.26. The largest absolute Gasteiger partial charge is 0.300 e. The molecule has 0 heterocycles. The minimum Gasteiger partial charge on any atom is -0.300 e. The summed E-state index contributed by atoms with van der Waals surface area (Å²) < 4.78 is 0. The van der Waals surface area contributed by atoms with Crippen LogP contribution in [0.5, 0.6) is 0 Å². The van der Waals surface area contributed by atoms with Crippen molar-refractivity contribution in [2.45, 2.75) is 38.5 Å². The van der Waals surface area contributed by atoms with Gasteiger partial charge >= 0.3 is 0 Å². The van der Waals surface area contributed by atoms with Crippen molar-refractivity contribution in [2.75, 3.05) is 6.54 Å². The molecule has 0 unspecified atom stereocenters. The molecule has 92 valence electrons. The van der Waals surface area contributed by atoms with Gasteiger partial charge in [-0.3, -0.25) is 9.59 Å². The van der Waals surface area contributed by atoms with Crippen molar-refractivity contribution in [2.24, 2.45) is 22.9 Å². The fourth-order valence-corrected chi connectivity index (χ4v) is 3.37. The van der Waals surface area contributed by atoms with Gasteiger partial charge in [0.2, 0.25) is 0 Å². The molecule has 2 fully saturated rings. The molecule has 0 saturated heterocycles. The van der Waals surface area contributed by atoms with Crippen LogP contribution in [-0.4, -0.2) is 18.1 Å². The molecule has 0 aromatic heterocycles. The molecule has 17 heavy (non-hydrogen) atoms. The van der Waals surface area contributed by atoms with Gasteiger partial charge in [-0.05, 0) is 36.6 Å². The van der Waals surface area contributed by atoms with Gasteiger partial charge in [0.1, 0.15) is 11.6 Å². The number of fused-ring (bicyclic) bond motifs is 1. The van der Waals surface area contributed by atoms with Crippen LogP contribution < -0.4 is 0 Å². The normalized spacial score (nSPS) is 32.8. The van der Waals surface area contributed by atoms with Crippen molar-refractivity contribution in [3.8, 4) is 0 Å². The predicted octanol–water partition coefficient (Wildman–Crippen LogP) is 2.65. The summed E-state index contributed by atoms with van der Waals surface area (Å²) >= 11 is 0. The van der Waals surface area contributed by atoms with Crippen molar-refractivity contribution in [1.29, 1.82) is 0 Å². The monoisotopic (exact) mass is 235 g/mol. The van der Waals surface area contributed by atoms with Crippen molar-refractivity contribution < 1.29 is 9.59 Å². The van der Waals surface area contributed by atoms with Crippen LogP contribution >= 0.6 is 0 Å². The van der Waals surface area contributed by atoms with E-state index in [0.29, 0.717) is 38.0 Å². The lowest BCUT2D eigenvalue weighted by atomic mass is 9.64. The summed E-state index contributed by atoms with van der Waals surface area (Å²) in [6, 6.07) is 0. The first-order chi connectivity index (χ1) is 8.22. The Morgan fingerprint density at radius 2 is 2.18 bits per heavy atom. The summed E-state index contributed by atoms with van der Waals surface area (Å²) in [6.45, 7) is 0.394. The van der Waals surface area contributed by atoms with Crippen molar-refractivity contribution >= 4 is 11.6 Å². The quantitative estimate of drug-likeness (QED) is 0.428. The second-order valence-electron chi connectivity index (χ2n) is 5.09. The van der Waals surface area contributed by atoms with E-state index in [9.17, 15) is 9.59 Å². The average Bonchev–Trinajstić information content (AvgIpc) is 2.28. The van der Waals surface area contributed by atoms with Gasteiger partial charge < -0.3 is 0 Å². The summed E-state index contributed by atoms with van der Waals surface area (Å²) in [5.74, 6) is 1.01. The highest BCUT2D eigenvalue weighted by atomic mass is 16.1. The summed E-state index contributed by atoms with van der Waals surface area (Å²) in [7, 11) is 0. The molecule has 0 aromatic carbocycles. The van der Waals surface area contributed by atoms with Crippen LogP contribution in [0.15, 0.2) is 5.11 Å². The number of nitrogens with zero attached hydrogens (tertiary/aromatic N) is 3. The van der Waals surface area contributed by atoms with Crippen LogP contribution in [0.4, 0.5) is 0 Å². The molecule has 0 aliphatic heterocycles. The van der Waals surface area contributed by atoms with E-state index in [0.717, 1.165) is 12.8 Å². The van der Waals surface area contributed by atoms with E-state index >= 15 is 0 Å². The van der Waals surface area contributed by atoms with E-state index in [4.69, 9.17) is 5.53 Å². The average molecular weight is 235 g/mol. The summed E-state index contributed by atoms with van der Waals surface area (Å²) in [5, 5.41) is 3.51. The predicted molar refractivity (Wildman–Crippen MR) is 62.2 cm³/mol. The molecule has 5 heteroatoms. The maximum Gasteiger partial charge on any atom is 0.136 e. The van der Waals surface area contributed by atoms with Crippen LogP contribution in [0.2, 0.25) is 0 Å². The standard InChI is InChI=1S/C12H17N3O2/c13-15-14-5-4-9-7-10(16)6-8-2-1-3-11(17)12(8)9/h8-9,12H,1-7H2/t8-,9+,12-/m1/s1. The van der Waals surface area contributed by atoms with Crippen LogP contribution in [0, 0.1) is 17.8 Å². The maximum atomic E-state index is 12.0. The molecule has 3 atom stereocenters. The third-order valence-electron chi connectivity index (χ3n) is 4.03. The first kappa shape index (κ1) is 12.1. The second-order valence-corrected chi connectivity index (χ2v) is 5.09. The molecule has 2 aliphatic rings. The van der Waals surface area contributed by atoms with Gasteiger partial charge in [-0.15, -0.1) is 0 Å². The van der Waals surface area contributed by atoms with E-state index in [1.54, 1.807) is 0 Å². The Bertz CT molecular complexity index is 374. The molecule has 0 spiro atoms. The van der Waals surface area contributed by atoms with Crippen molar-refractivity contribution in [3.63, 3.8) is 0 Å². The fraction of sp³-hybridized carbons (Fsp3) is 0.833. The smallest absolute Gasteiger partial charge is 0.136 e. The SMILES string of the molecule is [N-]=[N+]=NCC[C@H]1CC(=O)C[C@H]2CCCC(=O)[C@H]21. The summed E-state index contributed by atoms with van der Waals surface area (Å²) in [6.07, 6.45) is 4.33. The molecule has 0 bridgehead atoms. The number of Topliss-reactive ketones (excluding diaryl/α,β-unsaturated/α-hetero) is 2. The summed E-state index contributed by atoms with van der Waals surface area (Å²) in [4.78, 5) is 26.3. The van der Waals surface area contributed by atoms with Gasteiger partial charge in [-0.2, -0.15) is 0 Å². The first-order valence-electron chi connectivity index (χ1n) is 6.27. The Balaban J connectivity index is 2.07. The van der Waals surface area contributed by atoms with E-state index in [2.05, 4.69) is 10.0 Å². The lowest BCUT2D eigenvalue weighted by Gasteiger charge is -2.39. The fourth-order valence-electron chi connectivity index (χ4n) is 3.37. The van der Waals surface area contributed by atoms with E-state index in [-0.39, 0.29) is 23.5 Å². The first-order valence-corrected chi connectivity index (χ1v) is 6.27. The van der Waals surface area contributed by atoms with Gasteiger partial charge in [-0.25, -0.2) is 0 Å². The third-order valence-corrected chi connectivity index (χ3v) is 4.03. The number of hydrogen-bond donors (Lipinski definition) is 0. The van der Waals surface area contributed by atoms with Crippen LogP contribution in [0.25, 0.3) is 10.4 Å². The molecule has 0 amide bonds. The van der Waals surface area contributed by atoms with E-state index < -0.39 is 0 Å². The molecule has 2 rings (SSSR count). The number of carbonyl (C=O) groups excluding carboxylic acids is 2. The maximum absolute atomic E-state index is 12.0. The van der Waals surface area contributed by atoms with E-state index in [1.807, 2.05) is 0 Å². The molecular weight excluding hydrogens is 218 g/mol. The molecule has 2 aliphatic carbocycles. The number of carbonyl (C=O) groups is 2. The van der Waals surface area contributed by atoms with E-state index in [1.165, 1.54) is 0 Å². The highest BCUT2D eigenvalue weighted by Crippen LogP contribution is 2.42. The topological polar surface area (TPSA) is 82.9 Å². The van der Waals surface area contributed by atoms with Gasteiger partial charge in [0.15, 0.2) is 0 Å². The van der Waals surface area contributed by atoms with Gasteiger partial charge in [-0.1, -0.05) is 5.11 Å². The molecule has 0 N–H and O–H groups in total. The van der Waals surface area contributed by atoms with Crippen LogP contribution in [-0.2, 0) is 9.59 Å². The lowest BCUT2D eigenvalue weighted by Crippen LogP contribution is -2.40. The van der Waals surface area contributed by atoms with Crippen LogP contribution in [0.1, 0.15) is 38.5 Å². The number of rotatable bonds is 3. The Morgan fingerprint density at radius 3 is 2.94 bits per heavy atom. The highest BCUT2D eigenvalue weighted by molar-refractivity contribution is 5.87. The Hall–Kier alpha value is -1.35. The minimum absolute atomic E-state index is 0.0512. The molecule has 0 radical (unpaired) electrons.